The van der Waals surface area contributed by atoms with Crippen molar-refractivity contribution in [1.29, 1.82) is 0 Å². The van der Waals surface area contributed by atoms with E-state index in [9.17, 15) is 4.79 Å². The second-order valence-electron chi connectivity index (χ2n) is 7.16. The molecule has 1 amide bonds. The number of rotatable bonds is 2. The number of nitrogen functional groups attached to an aromatic ring is 1. The van der Waals surface area contributed by atoms with Crippen molar-refractivity contribution in [2.75, 3.05) is 23.7 Å². The molecule has 5 nitrogen and oxygen atoms in total. The Morgan fingerprint density at radius 2 is 1.88 bits per heavy atom. The molecule has 1 saturated heterocycles. The second kappa shape index (κ2) is 5.92. The lowest BCUT2D eigenvalue weighted by molar-refractivity contribution is 0.100. The third-order valence-electron chi connectivity index (χ3n) is 5.48. The van der Waals surface area contributed by atoms with Gasteiger partial charge in [0, 0.05) is 18.5 Å². The van der Waals surface area contributed by atoms with Crippen LogP contribution in [0.25, 0.3) is 10.2 Å². The predicted molar refractivity (Wildman–Crippen MR) is 99.8 cm³/mol. The molecular weight excluding hydrogens is 320 g/mol. The zero-order valence-electron chi connectivity index (χ0n) is 14.1. The molecule has 1 aliphatic heterocycles. The quantitative estimate of drug-likeness (QED) is 0.876. The Hall–Kier alpha value is -1.82. The van der Waals surface area contributed by atoms with E-state index in [1.807, 2.05) is 0 Å². The Labute approximate surface area is 146 Å². The number of primary amides is 1. The molecule has 0 bridgehead atoms. The molecule has 128 valence electrons. The predicted octanol–water partition coefficient (Wildman–Crippen LogP) is 3.09. The fourth-order valence-electron chi connectivity index (χ4n) is 4.06. The number of nitrogens with zero attached hydrogens (tertiary/aromatic N) is 2. The first-order valence-corrected chi connectivity index (χ1v) is 9.66. The number of piperidine rings is 1. The van der Waals surface area contributed by atoms with Gasteiger partial charge in [0.1, 0.15) is 15.5 Å². The van der Waals surface area contributed by atoms with Gasteiger partial charge in [0.15, 0.2) is 0 Å². The Morgan fingerprint density at radius 3 is 2.54 bits per heavy atom. The molecule has 0 aromatic carbocycles. The zero-order chi connectivity index (χ0) is 16.8. The van der Waals surface area contributed by atoms with E-state index in [2.05, 4.69) is 11.8 Å². The molecule has 24 heavy (non-hydrogen) atoms. The molecule has 0 atom stereocenters. The molecule has 2 aromatic heterocycles. The summed E-state index contributed by atoms with van der Waals surface area (Å²) < 4.78 is 0. The molecule has 1 aliphatic carbocycles. The molecular formula is C18H24N4OS. The van der Waals surface area contributed by atoms with E-state index in [-0.39, 0.29) is 0 Å². The van der Waals surface area contributed by atoms with Gasteiger partial charge < -0.3 is 16.4 Å². The Bertz CT molecular complexity index is 805. The number of aromatic nitrogens is 1. The number of carbonyl (C=O) groups excluding carboxylic acids is 1. The van der Waals surface area contributed by atoms with Crippen molar-refractivity contribution >= 4 is 39.0 Å². The van der Waals surface area contributed by atoms with Gasteiger partial charge in [0.05, 0.1) is 5.69 Å². The second-order valence-corrected chi connectivity index (χ2v) is 8.16. The molecule has 0 spiro atoms. The first-order chi connectivity index (χ1) is 11.6. The first kappa shape index (κ1) is 15.7. The molecule has 1 fully saturated rings. The zero-order valence-corrected chi connectivity index (χ0v) is 14.9. The summed E-state index contributed by atoms with van der Waals surface area (Å²) in [5, 5.41) is 0.984. The van der Waals surface area contributed by atoms with Gasteiger partial charge >= 0.3 is 0 Å². The molecule has 0 radical (unpaired) electrons. The maximum atomic E-state index is 11.7. The summed E-state index contributed by atoms with van der Waals surface area (Å²) in [7, 11) is 0. The Morgan fingerprint density at radius 1 is 1.21 bits per heavy atom. The van der Waals surface area contributed by atoms with Crippen LogP contribution in [0.15, 0.2) is 0 Å². The summed E-state index contributed by atoms with van der Waals surface area (Å²) in [6.07, 6.45) is 6.88. The van der Waals surface area contributed by atoms with Crippen molar-refractivity contribution in [2.24, 2.45) is 11.7 Å². The minimum Gasteiger partial charge on any atom is -0.397 e. The highest BCUT2D eigenvalue weighted by molar-refractivity contribution is 7.21. The Balaban J connectivity index is 1.90. The van der Waals surface area contributed by atoms with Crippen LogP contribution in [0.5, 0.6) is 0 Å². The van der Waals surface area contributed by atoms with E-state index in [0.717, 1.165) is 47.9 Å². The van der Waals surface area contributed by atoms with Crippen molar-refractivity contribution < 1.29 is 4.79 Å². The van der Waals surface area contributed by atoms with E-state index in [1.165, 1.54) is 48.1 Å². The number of hydrogen-bond acceptors (Lipinski definition) is 5. The van der Waals surface area contributed by atoms with E-state index in [1.54, 1.807) is 0 Å². The molecule has 4 N–H and O–H groups in total. The summed E-state index contributed by atoms with van der Waals surface area (Å²) >= 11 is 1.35. The molecule has 4 rings (SSSR count). The summed E-state index contributed by atoms with van der Waals surface area (Å²) in [6, 6.07) is 0. The smallest absolute Gasteiger partial charge is 0.260 e. The minimum atomic E-state index is -0.451. The molecule has 6 heteroatoms. The molecule has 2 aromatic rings. The van der Waals surface area contributed by atoms with Gasteiger partial charge in [-0.1, -0.05) is 6.92 Å². The van der Waals surface area contributed by atoms with Crippen molar-refractivity contribution in [3.8, 4) is 0 Å². The highest BCUT2D eigenvalue weighted by Crippen LogP contribution is 2.42. The average Bonchev–Trinajstić information content (AvgIpc) is 2.92. The number of amides is 1. The maximum Gasteiger partial charge on any atom is 0.260 e. The lowest BCUT2D eigenvalue weighted by Gasteiger charge is -2.34. The van der Waals surface area contributed by atoms with Gasteiger partial charge in [-0.25, -0.2) is 4.98 Å². The van der Waals surface area contributed by atoms with Crippen LogP contribution in [0.1, 0.15) is 53.4 Å². The van der Waals surface area contributed by atoms with Crippen molar-refractivity contribution in [1.82, 2.24) is 4.98 Å². The number of nitrogens with two attached hydrogens (primary N) is 2. The van der Waals surface area contributed by atoms with Crippen LogP contribution in [-0.4, -0.2) is 24.0 Å². The maximum absolute atomic E-state index is 11.7. The van der Waals surface area contributed by atoms with Gasteiger partial charge in [-0.15, -0.1) is 11.3 Å². The largest absolute Gasteiger partial charge is 0.397 e. The van der Waals surface area contributed by atoms with Crippen molar-refractivity contribution in [3.63, 3.8) is 0 Å². The number of fused-ring (bicyclic) bond motifs is 3. The van der Waals surface area contributed by atoms with Crippen LogP contribution in [-0.2, 0) is 12.8 Å². The number of pyridine rings is 1. The third kappa shape index (κ3) is 2.44. The lowest BCUT2D eigenvalue weighted by atomic mass is 9.89. The van der Waals surface area contributed by atoms with Gasteiger partial charge in [0.25, 0.3) is 5.91 Å². The van der Waals surface area contributed by atoms with E-state index < -0.39 is 5.91 Å². The fourth-order valence-corrected chi connectivity index (χ4v) is 5.03. The molecule has 0 saturated carbocycles. The van der Waals surface area contributed by atoms with Gasteiger partial charge in [-0.05, 0) is 55.6 Å². The first-order valence-electron chi connectivity index (χ1n) is 8.84. The highest BCUT2D eigenvalue weighted by atomic mass is 32.1. The number of aryl methyl sites for hydroxylation is 1. The SMILES string of the molecule is CC1CCN(c2nc3sc(C(N)=O)c(N)c3c3c2CCCC3)CC1. The average molecular weight is 344 g/mol. The summed E-state index contributed by atoms with van der Waals surface area (Å²) in [6.45, 7) is 4.45. The molecule has 3 heterocycles. The minimum absolute atomic E-state index is 0.451. The van der Waals surface area contributed by atoms with Crippen molar-refractivity contribution in [3.05, 3.63) is 16.0 Å². The molecule has 2 aliphatic rings. The molecule has 0 unspecified atom stereocenters. The summed E-state index contributed by atoms with van der Waals surface area (Å²) in [5.74, 6) is 1.47. The summed E-state index contributed by atoms with van der Waals surface area (Å²) in [4.78, 5) is 20.4. The van der Waals surface area contributed by atoms with E-state index in [0.29, 0.717) is 10.6 Å². The van der Waals surface area contributed by atoms with Crippen LogP contribution in [0.3, 0.4) is 0 Å². The number of carbonyl (C=O) groups is 1. The van der Waals surface area contributed by atoms with Crippen LogP contribution in [0.4, 0.5) is 11.5 Å². The van der Waals surface area contributed by atoms with Crippen LogP contribution in [0, 0.1) is 5.92 Å². The number of hydrogen-bond donors (Lipinski definition) is 2. The van der Waals surface area contributed by atoms with Crippen LogP contribution in [0.2, 0.25) is 0 Å². The normalized spacial score (nSPS) is 18.8. The lowest BCUT2D eigenvalue weighted by Crippen LogP contribution is -2.34. The van der Waals surface area contributed by atoms with Crippen LogP contribution >= 0.6 is 11.3 Å². The summed E-state index contributed by atoms with van der Waals surface area (Å²) in [5.41, 5.74) is 15.0. The van der Waals surface area contributed by atoms with E-state index in [4.69, 9.17) is 16.5 Å². The number of anilines is 2. The van der Waals surface area contributed by atoms with Gasteiger partial charge in [-0.3, -0.25) is 4.79 Å². The monoisotopic (exact) mass is 344 g/mol. The standard InChI is InChI=1S/C18H24N4OS/c1-10-6-8-22(9-7-10)17-12-5-3-2-4-11(12)13-14(19)15(16(20)23)24-18(13)21-17/h10H,2-9,19H2,1H3,(H2,20,23). The highest BCUT2D eigenvalue weighted by Gasteiger charge is 2.27. The van der Waals surface area contributed by atoms with Gasteiger partial charge in [-0.2, -0.15) is 0 Å². The van der Waals surface area contributed by atoms with E-state index >= 15 is 0 Å². The fraction of sp³-hybridized carbons (Fsp3) is 0.556. The van der Waals surface area contributed by atoms with Gasteiger partial charge in [0.2, 0.25) is 0 Å². The Kier molecular flexibility index (Phi) is 3.87. The number of thiophene rings is 1. The van der Waals surface area contributed by atoms with Crippen LogP contribution < -0.4 is 16.4 Å². The topological polar surface area (TPSA) is 85.2 Å². The third-order valence-corrected chi connectivity index (χ3v) is 6.59. The van der Waals surface area contributed by atoms with Crippen molar-refractivity contribution in [2.45, 2.75) is 45.4 Å².